The SMILES string of the molecule is CCCOc1ccc(Br)cc1CCC(O)C(C)N. The van der Waals surface area contributed by atoms with Crippen LogP contribution in [0.2, 0.25) is 0 Å². The van der Waals surface area contributed by atoms with Gasteiger partial charge in [0.1, 0.15) is 5.75 Å². The normalized spacial score (nSPS) is 14.3. The molecule has 0 aliphatic carbocycles. The summed E-state index contributed by atoms with van der Waals surface area (Å²) in [6.07, 6.45) is 1.93. The second kappa shape index (κ2) is 7.77. The average Bonchev–Trinajstić information content (AvgIpc) is 2.34. The van der Waals surface area contributed by atoms with Crippen LogP contribution in [0.15, 0.2) is 22.7 Å². The topological polar surface area (TPSA) is 55.5 Å². The van der Waals surface area contributed by atoms with E-state index in [0.717, 1.165) is 28.6 Å². The summed E-state index contributed by atoms with van der Waals surface area (Å²) >= 11 is 3.46. The Bertz CT molecular complexity index is 369. The summed E-state index contributed by atoms with van der Waals surface area (Å²) in [6, 6.07) is 5.78. The van der Waals surface area contributed by atoms with Crippen molar-refractivity contribution in [3.63, 3.8) is 0 Å². The molecule has 0 aliphatic rings. The summed E-state index contributed by atoms with van der Waals surface area (Å²) in [5.74, 6) is 0.900. The molecule has 3 N–H and O–H groups in total. The molecule has 4 heteroatoms. The van der Waals surface area contributed by atoms with Gasteiger partial charge in [-0.05, 0) is 49.9 Å². The average molecular weight is 316 g/mol. The van der Waals surface area contributed by atoms with E-state index in [1.54, 1.807) is 0 Å². The van der Waals surface area contributed by atoms with Gasteiger partial charge in [0.05, 0.1) is 12.7 Å². The van der Waals surface area contributed by atoms with Gasteiger partial charge in [0.25, 0.3) is 0 Å². The Hall–Kier alpha value is -0.580. The predicted octanol–water partition coefficient (Wildman–Crippen LogP) is 2.88. The van der Waals surface area contributed by atoms with Crippen LogP contribution in [0.25, 0.3) is 0 Å². The van der Waals surface area contributed by atoms with E-state index in [-0.39, 0.29) is 6.04 Å². The van der Waals surface area contributed by atoms with Gasteiger partial charge in [-0.25, -0.2) is 0 Å². The number of aryl methyl sites for hydroxylation is 1. The van der Waals surface area contributed by atoms with Crippen LogP contribution in [0.4, 0.5) is 0 Å². The van der Waals surface area contributed by atoms with Crippen LogP contribution in [-0.2, 0) is 6.42 Å². The highest BCUT2D eigenvalue weighted by Gasteiger charge is 2.12. The van der Waals surface area contributed by atoms with Crippen molar-refractivity contribution in [2.45, 2.75) is 45.3 Å². The summed E-state index contributed by atoms with van der Waals surface area (Å²) in [5.41, 5.74) is 6.77. The predicted molar refractivity (Wildman–Crippen MR) is 77.9 cm³/mol. The highest BCUT2D eigenvalue weighted by molar-refractivity contribution is 9.10. The number of ether oxygens (including phenoxy) is 1. The van der Waals surface area contributed by atoms with Crippen molar-refractivity contribution in [3.8, 4) is 5.75 Å². The molecule has 0 saturated carbocycles. The number of nitrogens with two attached hydrogens (primary N) is 1. The van der Waals surface area contributed by atoms with E-state index in [4.69, 9.17) is 10.5 Å². The monoisotopic (exact) mass is 315 g/mol. The van der Waals surface area contributed by atoms with Crippen LogP contribution in [-0.4, -0.2) is 23.9 Å². The molecular formula is C14H22BrNO2. The van der Waals surface area contributed by atoms with E-state index in [1.165, 1.54) is 0 Å². The lowest BCUT2D eigenvalue weighted by molar-refractivity contribution is 0.141. The first-order valence-corrected chi connectivity index (χ1v) is 7.18. The third-order valence-corrected chi connectivity index (χ3v) is 3.29. The minimum Gasteiger partial charge on any atom is -0.493 e. The molecule has 2 unspecified atom stereocenters. The second-order valence-electron chi connectivity index (χ2n) is 4.57. The van der Waals surface area contributed by atoms with Crippen molar-refractivity contribution < 1.29 is 9.84 Å². The Kier molecular flexibility index (Phi) is 6.68. The molecule has 0 aromatic heterocycles. The maximum atomic E-state index is 9.75. The third kappa shape index (κ3) is 4.96. The summed E-state index contributed by atoms with van der Waals surface area (Å²) in [6.45, 7) is 4.61. The van der Waals surface area contributed by atoms with Gasteiger partial charge < -0.3 is 15.6 Å². The zero-order chi connectivity index (χ0) is 13.5. The first-order chi connectivity index (χ1) is 8.54. The molecule has 1 aromatic rings. The van der Waals surface area contributed by atoms with E-state index >= 15 is 0 Å². The van der Waals surface area contributed by atoms with E-state index < -0.39 is 6.10 Å². The van der Waals surface area contributed by atoms with E-state index in [1.807, 2.05) is 25.1 Å². The van der Waals surface area contributed by atoms with E-state index in [0.29, 0.717) is 13.0 Å². The Balaban J connectivity index is 2.69. The van der Waals surface area contributed by atoms with Gasteiger partial charge in [-0.15, -0.1) is 0 Å². The minimum absolute atomic E-state index is 0.197. The van der Waals surface area contributed by atoms with Gasteiger partial charge in [-0.1, -0.05) is 22.9 Å². The third-order valence-electron chi connectivity index (χ3n) is 2.80. The summed E-state index contributed by atoms with van der Waals surface area (Å²) in [4.78, 5) is 0. The van der Waals surface area contributed by atoms with Gasteiger partial charge in [-0.2, -0.15) is 0 Å². The lowest BCUT2D eigenvalue weighted by Gasteiger charge is -2.16. The van der Waals surface area contributed by atoms with Gasteiger partial charge in [0.15, 0.2) is 0 Å². The molecule has 0 spiro atoms. The summed E-state index contributed by atoms with van der Waals surface area (Å²) in [5, 5.41) is 9.75. The molecule has 1 aromatic carbocycles. The van der Waals surface area contributed by atoms with E-state index in [9.17, 15) is 5.11 Å². The maximum Gasteiger partial charge on any atom is 0.122 e. The number of rotatable bonds is 7. The van der Waals surface area contributed by atoms with Crippen molar-refractivity contribution in [2.75, 3.05) is 6.61 Å². The highest BCUT2D eigenvalue weighted by atomic mass is 79.9. The Morgan fingerprint density at radius 3 is 2.78 bits per heavy atom. The van der Waals surface area contributed by atoms with Crippen molar-refractivity contribution in [1.29, 1.82) is 0 Å². The number of aliphatic hydroxyl groups is 1. The largest absolute Gasteiger partial charge is 0.493 e. The van der Waals surface area contributed by atoms with Crippen LogP contribution in [0.1, 0.15) is 32.3 Å². The Morgan fingerprint density at radius 1 is 1.44 bits per heavy atom. The Morgan fingerprint density at radius 2 is 2.17 bits per heavy atom. The minimum atomic E-state index is -0.469. The Labute approximate surface area is 117 Å². The summed E-state index contributed by atoms with van der Waals surface area (Å²) in [7, 11) is 0. The van der Waals surface area contributed by atoms with Crippen LogP contribution < -0.4 is 10.5 Å². The van der Waals surface area contributed by atoms with Crippen molar-refractivity contribution >= 4 is 15.9 Å². The van der Waals surface area contributed by atoms with Crippen LogP contribution in [0.5, 0.6) is 5.75 Å². The zero-order valence-corrected chi connectivity index (χ0v) is 12.6. The van der Waals surface area contributed by atoms with Crippen LogP contribution in [0, 0.1) is 0 Å². The molecule has 0 amide bonds. The fraction of sp³-hybridized carbons (Fsp3) is 0.571. The molecule has 0 radical (unpaired) electrons. The highest BCUT2D eigenvalue weighted by Crippen LogP contribution is 2.25. The number of hydrogen-bond donors (Lipinski definition) is 2. The molecule has 3 nitrogen and oxygen atoms in total. The maximum absolute atomic E-state index is 9.75. The molecule has 1 rings (SSSR count). The lowest BCUT2D eigenvalue weighted by Crippen LogP contribution is -2.31. The first kappa shape index (κ1) is 15.5. The van der Waals surface area contributed by atoms with Gasteiger partial charge >= 0.3 is 0 Å². The fourth-order valence-electron chi connectivity index (χ4n) is 1.66. The summed E-state index contributed by atoms with van der Waals surface area (Å²) < 4.78 is 6.73. The van der Waals surface area contributed by atoms with Gasteiger partial charge in [-0.3, -0.25) is 0 Å². The molecule has 0 saturated heterocycles. The number of halogens is 1. The molecule has 18 heavy (non-hydrogen) atoms. The first-order valence-electron chi connectivity index (χ1n) is 6.39. The molecule has 102 valence electrons. The number of aliphatic hydroxyl groups excluding tert-OH is 1. The zero-order valence-electron chi connectivity index (χ0n) is 11.0. The second-order valence-corrected chi connectivity index (χ2v) is 5.48. The standard InChI is InChI=1S/C14H22BrNO2/c1-3-8-18-14-7-5-12(15)9-11(14)4-6-13(17)10(2)16/h5,7,9-10,13,17H,3-4,6,8,16H2,1-2H3. The van der Waals surface area contributed by atoms with E-state index in [2.05, 4.69) is 22.9 Å². The van der Waals surface area contributed by atoms with Gasteiger partial charge in [0.2, 0.25) is 0 Å². The smallest absolute Gasteiger partial charge is 0.122 e. The lowest BCUT2D eigenvalue weighted by atomic mass is 10.0. The molecule has 0 fully saturated rings. The van der Waals surface area contributed by atoms with Crippen LogP contribution >= 0.6 is 15.9 Å². The van der Waals surface area contributed by atoms with Crippen LogP contribution in [0.3, 0.4) is 0 Å². The molecule has 0 aliphatic heterocycles. The number of benzene rings is 1. The quantitative estimate of drug-likeness (QED) is 0.813. The fourth-order valence-corrected chi connectivity index (χ4v) is 2.07. The molecule has 2 atom stereocenters. The van der Waals surface area contributed by atoms with Crippen molar-refractivity contribution in [3.05, 3.63) is 28.2 Å². The van der Waals surface area contributed by atoms with Gasteiger partial charge in [0, 0.05) is 10.5 Å². The molecule has 0 heterocycles. The van der Waals surface area contributed by atoms with Crippen molar-refractivity contribution in [1.82, 2.24) is 0 Å². The molecular weight excluding hydrogens is 294 g/mol. The van der Waals surface area contributed by atoms with Crippen molar-refractivity contribution in [2.24, 2.45) is 5.73 Å². The number of hydrogen-bond acceptors (Lipinski definition) is 3. The molecule has 0 bridgehead atoms.